The van der Waals surface area contributed by atoms with Crippen LogP contribution in [0.3, 0.4) is 0 Å². The standard InChI is InChI=1S/C12H15Cl3N2O2/c1-7(4-16)5-17-12(18)6-19-11-3-9(14)8(13)2-10(11)15/h2-3,7H,4-6,16H2,1H3,(H,17,18). The highest BCUT2D eigenvalue weighted by Crippen LogP contribution is 2.33. The van der Waals surface area contributed by atoms with Crippen molar-refractivity contribution < 1.29 is 9.53 Å². The Morgan fingerprint density at radius 2 is 1.95 bits per heavy atom. The van der Waals surface area contributed by atoms with Crippen LogP contribution in [0.25, 0.3) is 0 Å². The highest BCUT2D eigenvalue weighted by atomic mass is 35.5. The van der Waals surface area contributed by atoms with Gasteiger partial charge in [-0.3, -0.25) is 4.79 Å². The number of nitrogens with two attached hydrogens (primary N) is 1. The van der Waals surface area contributed by atoms with Crippen LogP contribution < -0.4 is 15.8 Å². The molecule has 1 atom stereocenters. The molecule has 1 amide bonds. The quantitative estimate of drug-likeness (QED) is 0.790. The molecule has 3 N–H and O–H groups in total. The predicted octanol–water partition coefficient (Wildman–Crippen LogP) is 2.74. The minimum atomic E-state index is -0.248. The van der Waals surface area contributed by atoms with E-state index in [-0.39, 0.29) is 18.4 Å². The van der Waals surface area contributed by atoms with Crippen LogP contribution in [0.2, 0.25) is 15.1 Å². The van der Waals surface area contributed by atoms with Gasteiger partial charge in [-0.15, -0.1) is 0 Å². The summed E-state index contributed by atoms with van der Waals surface area (Å²) in [6.07, 6.45) is 0. The van der Waals surface area contributed by atoms with E-state index in [1.807, 2.05) is 6.92 Å². The van der Waals surface area contributed by atoms with Gasteiger partial charge in [0.2, 0.25) is 0 Å². The van der Waals surface area contributed by atoms with Gasteiger partial charge in [0.25, 0.3) is 5.91 Å². The fourth-order valence-corrected chi connectivity index (χ4v) is 1.77. The minimum absolute atomic E-state index is 0.144. The van der Waals surface area contributed by atoms with E-state index in [2.05, 4.69) is 5.32 Å². The number of carbonyl (C=O) groups is 1. The fraction of sp³-hybridized carbons (Fsp3) is 0.417. The van der Waals surface area contributed by atoms with Gasteiger partial charge in [0.1, 0.15) is 5.75 Å². The molecule has 0 aromatic heterocycles. The Balaban J connectivity index is 2.48. The predicted molar refractivity (Wildman–Crippen MR) is 78.2 cm³/mol. The van der Waals surface area contributed by atoms with E-state index in [0.29, 0.717) is 33.9 Å². The Hall–Kier alpha value is -0.680. The Bertz CT molecular complexity index is 455. The summed E-state index contributed by atoms with van der Waals surface area (Å²) in [6, 6.07) is 2.94. The van der Waals surface area contributed by atoms with E-state index < -0.39 is 0 Å². The second-order valence-electron chi connectivity index (χ2n) is 4.13. The first kappa shape index (κ1) is 16.4. The molecule has 0 bridgehead atoms. The molecular formula is C12H15Cl3N2O2. The maximum absolute atomic E-state index is 11.5. The molecule has 0 aliphatic rings. The second kappa shape index (κ2) is 7.80. The molecule has 0 radical (unpaired) electrons. The maximum Gasteiger partial charge on any atom is 0.257 e. The molecule has 0 aliphatic heterocycles. The van der Waals surface area contributed by atoms with Crippen LogP contribution in [-0.2, 0) is 4.79 Å². The highest BCUT2D eigenvalue weighted by molar-refractivity contribution is 6.43. The van der Waals surface area contributed by atoms with Gasteiger partial charge < -0.3 is 15.8 Å². The molecule has 1 aromatic carbocycles. The number of nitrogens with one attached hydrogen (secondary N) is 1. The lowest BCUT2D eigenvalue weighted by molar-refractivity contribution is -0.123. The van der Waals surface area contributed by atoms with Crippen LogP contribution in [0.4, 0.5) is 0 Å². The van der Waals surface area contributed by atoms with E-state index in [1.165, 1.54) is 12.1 Å². The van der Waals surface area contributed by atoms with Crippen molar-refractivity contribution in [1.82, 2.24) is 5.32 Å². The van der Waals surface area contributed by atoms with E-state index in [0.717, 1.165) is 0 Å². The van der Waals surface area contributed by atoms with Crippen molar-refractivity contribution in [1.29, 1.82) is 0 Å². The van der Waals surface area contributed by atoms with Gasteiger partial charge in [0, 0.05) is 12.6 Å². The molecule has 0 saturated carbocycles. The average molecular weight is 326 g/mol. The SMILES string of the molecule is CC(CN)CNC(=O)COc1cc(Cl)c(Cl)cc1Cl. The van der Waals surface area contributed by atoms with Crippen LogP contribution in [-0.4, -0.2) is 25.6 Å². The van der Waals surface area contributed by atoms with Gasteiger partial charge in [0.05, 0.1) is 15.1 Å². The van der Waals surface area contributed by atoms with Gasteiger partial charge in [0.15, 0.2) is 6.61 Å². The first-order valence-corrected chi connectivity index (χ1v) is 6.81. The minimum Gasteiger partial charge on any atom is -0.482 e. The van der Waals surface area contributed by atoms with E-state index in [1.54, 1.807) is 0 Å². The molecule has 19 heavy (non-hydrogen) atoms. The summed E-state index contributed by atoms with van der Waals surface area (Å²) in [5.41, 5.74) is 5.45. The topological polar surface area (TPSA) is 64.3 Å². The monoisotopic (exact) mass is 324 g/mol. The van der Waals surface area contributed by atoms with E-state index in [4.69, 9.17) is 45.3 Å². The van der Waals surface area contributed by atoms with Gasteiger partial charge in [-0.05, 0) is 18.5 Å². The van der Waals surface area contributed by atoms with Crippen LogP contribution >= 0.6 is 34.8 Å². The summed E-state index contributed by atoms with van der Waals surface area (Å²) >= 11 is 17.5. The molecule has 7 heteroatoms. The Labute approximate surface area is 127 Å². The summed E-state index contributed by atoms with van der Waals surface area (Å²) in [5, 5.41) is 3.66. The molecule has 0 fully saturated rings. The number of hydrogen-bond donors (Lipinski definition) is 2. The largest absolute Gasteiger partial charge is 0.482 e. The molecule has 0 spiro atoms. The third kappa shape index (κ3) is 5.45. The van der Waals surface area contributed by atoms with E-state index >= 15 is 0 Å². The lowest BCUT2D eigenvalue weighted by Crippen LogP contribution is -2.34. The molecule has 1 rings (SSSR count). The molecule has 0 heterocycles. The molecule has 106 valence electrons. The third-order valence-electron chi connectivity index (χ3n) is 2.38. The molecular weight excluding hydrogens is 311 g/mol. The summed E-state index contributed by atoms with van der Waals surface area (Å²) in [7, 11) is 0. The maximum atomic E-state index is 11.5. The Kier molecular flexibility index (Phi) is 6.72. The van der Waals surface area contributed by atoms with Crippen LogP contribution in [0.1, 0.15) is 6.92 Å². The summed E-state index contributed by atoms with van der Waals surface area (Å²) in [5.74, 6) is 0.290. The van der Waals surface area contributed by atoms with Crippen molar-refractivity contribution in [2.45, 2.75) is 6.92 Å². The van der Waals surface area contributed by atoms with Crippen molar-refractivity contribution in [2.24, 2.45) is 11.7 Å². The van der Waals surface area contributed by atoms with Crippen molar-refractivity contribution in [3.63, 3.8) is 0 Å². The number of amides is 1. The van der Waals surface area contributed by atoms with Gasteiger partial charge in [-0.1, -0.05) is 41.7 Å². The number of halogens is 3. The number of rotatable bonds is 6. The molecule has 4 nitrogen and oxygen atoms in total. The van der Waals surface area contributed by atoms with Gasteiger partial charge >= 0.3 is 0 Å². The number of ether oxygens (including phenoxy) is 1. The molecule has 1 aromatic rings. The Morgan fingerprint density at radius 1 is 1.32 bits per heavy atom. The van der Waals surface area contributed by atoms with Gasteiger partial charge in [-0.2, -0.15) is 0 Å². The van der Waals surface area contributed by atoms with Crippen molar-refractivity contribution in [2.75, 3.05) is 19.7 Å². The molecule has 0 saturated heterocycles. The number of hydrogen-bond acceptors (Lipinski definition) is 3. The van der Waals surface area contributed by atoms with Crippen LogP contribution in [0, 0.1) is 5.92 Å². The van der Waals surface area contributed by atoms with Crippen molar-refractivity contribution in [3.05, 3.63) is 27.2 Å². The lowest BCUT2D eigenvalue weighted by atomic mass is 10.2. The zero-order chi connectivity index (χ0) is 14.4. The molecule has 1 unspecified atom stereocenters. The van der Waals surface area contributed by atoms with E-state index in [9.17, 15) is 4.79 Å². The summed E-state index contributed by atoms with van der Waals surface area (Å²) in [6.45, 7) is 2.82. The van der Waals surface area contributed by atoms with Crippen LogP contribution in [0.15, 0.2) is 12.1 Å². The zero-order valence-corrected chi connectivity index (χ0v) is 12.6. The lowest BCUT2D eigenvalue weighted by Gasteiger charge is -2.12. The number of benzene rings is 1. The smallest absolute Gasteiger partial charge is 0.257 e. The zero-order valence-electron chi connectivity index (χ0n) is 10.4. The average Bonchev–Trinajstić information content (AvgIpc) is 2.38. The van der Waals surface area contributed by atoms with Crippen molar-refractivity contribution >= 4 is 40.7 Å². The second-order valence-corrected chi connectivity index (χ2v) is 5.35. The van der Waals surface area contributed by atoms with Gasteiger partial charge in [-0.25, -0.2) is 0 Å². The van der Waals surface area contributed by atoms with Crippen LogP contribution in [0.5, 0.6) is 5.75 Å². The fourth-order valence-electron chi connectivity index (χ4n) is 1.18. The first-order valence-electron chi connectivity index (χ1n) is 5.68. The number of carbonyl (C=O) groups excluding carboxylic acids is 1. The highest BCUT2D eigenvalue weighted by Gasteiger charge is 2.10. The molecule has 0 aliphatic carbocycles. The summed E-state index contributed by atoms with van der Waals surface area (Å²) in [4.78, 5) is 11.5. The first-order chi connectivity index (χ1) is 8.93. The van der Waals surface area contributed by atoms with Crippen molar-refractivity contribution in [3.8, 4) is 5.75 Å². The summed E-state index contributed by atoms with van der Waals surface area (Å²) < 4.78 is 5.28. The third-order valence-corrected chi connectivity index (χ3v) is 3.40. The normalized spacial score (nSPS) is 12.1. The Morgan fingerprint density at radius 3 is 2.58 bits per heavy atom.